The molecule has 0 radical (unpaired) electrons. The average Bonchev–Trinajstić information content (AvgIpc) is 3.47. The number of nitrogens with two attached hydrogens (primary N) is 1. The number of rotatable bonds is 8. The second kappa shape index (κ2) is 10.3. The van der Waals surface area contributed by atoms with Crippen LogP contribution in [0.3, 0.4) is 0 Å². The lowest BCUT2D eigenvalue weighted by Crippen LogP contribution is -2.22. The van der Waals surface area contributed by atoms with E-state index in [1.807, 2.05) is 24.3 Å². The lowest BCUT2D eigenvalue weighted by atomic mass is 10.0. The predicted octanol–water partition coefficient (Wildman–Crippen LogP) is 4.21. The zero-order chi connectivity index (χ0) is 31.0. The Morgan fingerprint density at radius 2 is 1.95 bits per heavy atom. The summed E-state index contributed by atoms with van der Waals surface area (Å²) in [5, 5.41) is 6.34. The number of fused-ring (bicyclic) bond motifs is 1. The minimum atomic E-state index is -4.54. The minimum Gasteiger partial charge on any atom is -0.478 e. The van der Waals surface area contributed by atoms with Gasteiger partial charge in [0, 0.05) is 21.9 Å². The van der Waals surface area contributed by atoms with Gasteiger partial charge in [0.05, 0.1) is 20.7 Å². The highest BCUT2D eigenvalue weighted by molar-refractivity contribution is 5.91. The van der Waals surface area contributed by atoms with Gasteiger partial charge < -0.3 is 15.8 Å². The van der Waals surface area contributed by atoms with Gasteiger partial charge in [0.25, 0.3) is 0 Å². The molecule has 0 unspecified atom stereocenters. The van der Waals surface area contributed by atoms with Crippen LogP contribution in [-0.2, 0) is 6.42 Å². The monoisotopic (exact) mass is 526 g/mol. The zero-order valence-electron chi connectivity index (χ0n) is 24.4. The van der Waals surface area contributed by atoms with Gasteiger partial charge in [-0.2, -0.15) is 23.3 Å². The number of hydrogen-bond acceptors (Lipinski definition) is 9. The van der Waals surface area contributed by atoms with Crippen molar-refractivity contribution in [2.45, 2.75) is 19.4 Å². The second-order valence-corrected chi connectivity index (χ2v) is 8.04. The van der Waals surface area contributed by atoms with Crippen molar-refractivity contribution in [2.24, 2.45) is 0 Å². The highest BCUT2D eigenvalue weighted by atomic mass is 19.4. The van der Waals surface area contributed by atoms with Crippen LogP contribution in [0.4, 0.5) is 24.9 Å². The van der Waals surface area contributed by atoms with Crippen molar-refractivity contribution in [1.29, 1.82) is 0 Å². The fourth-order valence-corrected chi connectivity index (χ4v) is 3.75. The maximum Gasteiger partial charge on any atom is 0.405 e. The number of pyridine rings is 2. The largest absolute Gasteiger partial charge is 0.478 e. The van der Waals surface area contributed by atoms with Gasteiger partial charge in [-0.15, -0.1) is 0 Å². The van der Waals surface area contributed by atoms with Gasteiger partial charge in [0.2, 0.25) is 11.8 Å². The highest BCUT2D eigenvalue weighted by Gasteiger charge is 2.28. The molecule has 3 N–H and O–H groups in total. The van der Waals surface area contributed by atoms with E-state index in [1.165, 1.54) is 24.7 Å². The van der Waals surface area contributed by atoms with Gasteiger partial charge in [0.15, 0.2) is 5.82 Å². The van der Waals surface area contributed by atoms with Crippen LogP contribution in [-0.4, -0.2) is 54.0 Å². The molecule has 1 aromatic carbocycles. The molecule has 5 rings (SSSR count). The summed E-state index contributed by atoms with van der Waals surface area (Å²) in [6.45, 7) is -7.43. The number of anilines is 2. The summed E-state index contributed by atoms with van der Waals surface area (Å²) < 4.78 is 82.9. The molecule has 0 saturated carbocycles. The molecule has 5 aromatic rings. The zero-order valence-corrected chi connectivity index (χ0v) is 19.4. The standard InChI is InChI=1S/C25H22F3N9O/c1-2-38-20-8-5-16(11-31-20)19-10-17(9-15-3-6-18(7-4-15)37-14-30-13-33-37)21-22(34-19)23(36-24(29)35-21)32-12-25(26,27)28/h3-8,10-11,13-14H,2,9,12H2,1H3,(H3,29,32,35,36)/i1D3,2D2. The summed E-state index contributed by atoms with van der Waals surface area (Å²) in [7, 11) is 0. The Bertz CT molecular complexity index is 1730. The van der Waals surface area contributed by atoms with Gasteiger partial charge in [-0.1, -0.05) is 12.1 Å². The first-order chi connectivity index (χ1) is 20.2. The third kappa shape index (κ3) is 5.61. The van der Waals surface area contributed by atoms with E-state index in [9.17, 15) is 13.2 Å². The van der Waals surface area contributed by atoms with Crippen molar-refractivity contribution in [3.8, 4) is 22.8 Å². The summed E-state index contributed by atoms with van der Waals surface area (Å²) in [5.41, 5.74) is 8.96. The van der Waals surface area contributed by atoms with Crippen molar-refractivity contribution in [3.63, 3.8) is 0 Å². The molecule has 0 aliphatic rings. The number of alkyl halides is 3. The Hall–Kier alpha value is -4.81. The van der Waals surface area contributed by atoms with Crippen LogP contribution in [0.5, 0.6) is 5.88 Å². The first-order valence-corrected chi connectivity index (χ1v) is 11.1. The summed E-state index contributed by atoms with van der Waals surface area (Å²) in [4.78, 5) is 20.7. The van der Waals surface area contributed by atoms with Gasteiger partial charge >= 0.3 is 6.18 Å². The van der Waals surface area contributed by atoms with Crippen molar-refractivity contribution < 1.29 is 24.8 Å². The number of ether oxygens (including phenoxy) is 1. The Labute approximate surface area is 221 Å². The fourth-order valence-electron chi connectivity index (χ4n) is 3.75. The SMILES string of the molecule is [2H]C([2H])([2H])C([2H])([2H])Oc1ccc(-c2cc(Cc3ccc(-n4cncn4)cc3)c3nc(N)nc(NCC(F)(F)F)c3n2)cn1. The maximum absolute atomic E-state index is 13.1. The van der Waals surface area contributed by atoms with E-state index < -0.39 is 26.1 Å². The van der Waals surface area contributed by atoms with Crippen LogP contribution in [0.25, 0.3) is 28.0 Å². The van der Waals surface area contributed by atoms with E-state index in [0.29, 0.717) is 11.1 Å². The third-order valence-electron chi connectivity index (χ3n) is 5.41. The molecule has 0 bridgehead atoms. The van der Waals surface area contributed by atoms with Gasteiger partial charge in [0.1, 0.15) is 30.2 Å². The third-order valence-corrected chi connectivity index (χ3v) is 5.41. The lowest BCUT2D eigenvalue weighted by Gasteiger charge is -2.15. The Balaban J connectivity index is 1.56. The minimum absolute atomic E-state index is 0.0317. The normalized spacial score (nSPS) is 14.2. The first kappa shape index (κ1) is 19.3. The fraction of sp³-hybridized carbons (Fsp3) is 0.200. The van der Waals surface area contributed by atoms with Crippen LogP contribution >= 0.6 is 0 Å². The summed E-state index contributed by atoms with van der Waals surface area (Å²) in [5.74, 6) is -0.758. The Kier molecular flexibility index (Phi) is 5.23. The predicted molar refractivity (Wildman–Crippen MR) is 135 cm³/mol. The molecule has 0 spiro atoms. The number of nitrogens with one attached hydrogen (secondary N) is 1. The number of nitrogens with zero attached hydrogens (tertiary/aromatic N) is 7. The van der Waals surface area contributed by atoms with Gasteiger partial charge in [-0.05, 0) is 48.7 Å². The second-order valence-electron chi connectivity index (χ2n) is 8.04. The molecule has 10 nitrogen and oxygen atoms in total. The molecule has 0 fully saturated rings. The van der Waals surface area contributed by atoms with Crippen molar-refractivity contribution >= 4 is 22.8 Å². The summed E-state index contributed by atoms with van der Waals surface area (Å²) >= 11 is 0. The first-order valence-electron chi connectivity index (χ1n) is 13.6. The molecule has 4 heterocycles. The molecule has 0 aliphatic carbocycles. The quantitative estimate of drug-likeness (QED) is 0.305. The van der Waals surface area contributed by atoms with E-state index in [0.717, 1.165) is 11.3 Å². The number of halogens is 3. The highest BCUT2D eigenvalue weighted by Crippen LogP contribution is 2.30. The van der Waals surface area contributed by atoms with Crippen molar-refractivity contribution in [3.05, 3.63) is 72.4 Å². The molecule has 38 heavy (non-hydrogen) atoms. The van der Waals surface area contributed by atoms with E-state index in [2.05, 4.69) is 35.3 Å². The van der Waals surface area contributed by atoms with Crippen LogP contribution in [0.1, 0.15) is 24.8 Å². The summed E-state index contributed by atoms with van der Waals surface area (Å²) in [6.07, 6.45) is -0.0285. The lowest BCUT2D eigenvalue weighted by molar-refractivity contribution is -0.115. The van der Waals surface area contributed by atoms with Crippen molar-refractivity contribution in [2.75, 3.05) is 24.2 Å². The van der Waals surface area contributed by atoms with Gasteiger partial charge in [-0.3, -0.25) is 0 Å². The maximum atomic E-state index is 13.1. The molecule has 4 aromatic heterocycles. The van der Waals surface area contributed by atoms with E-state index in [-0.39, 0.29) is 40.8 Å². The van der Waals surface area contributed by atoms with Crippen LogP contribution in [0.2, 0.25) is 0 Å². The number of nitrogen functional groups attached to an aromatic ring is 1. The van der Waals surface area contributed by atoms with E-state index in [4.69, 9.17) is 17.3 Å². The molecule has 0 aliphatic heterocycles. The average molecular weight is 527 g/mol. The number of hydrogen-bond donors (Lipinski definition) is 2. The van der Waals surface area contributed by atoms with E-state index in [1.54, 1.807) is 17.1 Å². The van der Waals surface area contributed by atoms with Gasteiger partial charge in [-0.25, -0.2) is 24.6 Å². The number of aromatic nitrogens is 7. The van der Waals surface area contributed by atoms with Crippen LogP contribution in [0, 0.1) is 0 Å². The topological polar surface area (TPSA) is 130 Å². The molecule has 13 heteroatoms. The molecule has 0 amide bonds. The summed E-state index contributed by atoms with van der Waals surface area (Å²) in [6, 6.07) is 11.8. The molecule has 194 valence electrons. The van der Waals surface area contributed by atoms with Crippen molar-refractivity contribution in [1.82, 2.24) is 34.7 Å². The van der Waals surface area contributed by atoms with E-state index >= 15 is 0 Å². The molecular formula is C25H22F3N9O. The molecule has 0 saturated heterocycles. The number of benzene rings is 1. The Morgan fingerprint density at radius 1 is 1.11 bits per heavy atom. The molecule has 0 atom stereocenters. The smallest absolute Gasteiger partial charge is 0.405 e. The Morgan fingerprint density at radius 3 is 2.63 bits per heavy atom. The molecular weight excluding hydrogens is 499 g/mol. The van der Waals surface area contributed by atoms with Crippen LogP contribution < -0.4 is 15.8 Å². The van der Waals surface area contributed by atoms with Crippen LogP contribution in [0.15, 0.2) is 61.3 Å².